The predicted octanol–water partition coefficient (Wildman–Crippen LogP) is 2.36. The lowest BCUT2D eigenvalue weighted by atomic mass is 10.0. The summed E-state index contributed by atoms with van der Waals surface area (Å²) in [6.07, 6.45) is 1.96. The number of para-hydroxylation sites is 1. The van der Waals surface area contributed by atoms with Crippen LogP contribution >= 0.6 is 0 Å². The molecule has 0 atom stereocenters. The third-order valence-electron chi connectivity index (χ3n) is 2.93. The van der Waals surface area contributed by atoms with Gasteiger partial charge in [-0.1, -0.05) is 17.3 Å². The third-order valence-corrected chi connectivity index (χ3v) is 2.93. The van der Waals surface area contributed by atoms with Gasteiger partial charge in [-0.25, -0.2) is 4.79 Å². The van der Waals surface area contributed by atoms with Crippen LogP contribution in [0.2, 0.25) is 0 Å². The lowest BCUT2D eigenvalue weighted by Crippen LogP contribution is -2.09. The van der Waals surface area contributed by atoms with Gasteiger partial charge in [0, 0.05) is 11.6 Å². The fraction of sp³-hybridized carbons (Fsp3) is 0.231. The molecule has 0 saturated carbocycles. The Kier molecular flexibility index (Phi) is 2.51. The number of nitrogens with zero attached hydrogens (tertiary/aromatic N) is 1. The van der Waals surface area contributed by atoms with Crippen LogP contribution in [-0.4, -0.2) is 22.8 Å². The molecule has 0 radical (unpaired) electrons. The number of rotatable bonds is 2. The van der Waals surface area contributed by atoms with E-state index in [1.165, 1.54) is 6.07 Å². The van der Waals surface area contributed by atoms with E-state index in [1.807, 2.05) is 18.2 Å². The van der Waals surface area contributed by atoms with Gasteiger partial charge in [-0.2, -0.15) is 0 Å². The Hall–Kier alpha value is -2.30. The summed E-state index contributed by atoms with van der Waals surface area (Å²) >= 11 is 0. The number of ether oxygens (including phenoxy) is 1. The van der Waals surface area contributed by atoms with E-state index in [0.29, 0.717) is 12.3 Å². The number of benzene rings is 1. The second kappa shape index (κ2) is 4.18. The number of aromatic carboxylic acids is 1. The second-order valence-corrected chi connectivity index (χ2v) is 4.13. The summed E-state index contributed by atoms with van der Waals surface area (Å²) in [4.78, 5) is 10.8. The fourth-order valence-corrected chi connectivity index (χ4v) is 2.09. The molecular weight excluding hydrogens is 234 g/mol. The van der Waals surface area contributed by atoms with E-state index in [9.17, 15) is 4.79 Å². The smallest absolute Gasteiger partial charge is 0.374 e. The van der Waals surface area contributed by atoms with Crippen LogP contribution < -0.4 is 4.74 Å². The molecule has 0 spiro atoms. The number of fused-ring (bicyclic) bond motifs is 1. The molecule has 0 amide bonds. The van der Waals surface area contributed by atoms with Crippen molar-refractivity contribution in [2.24, 2.45) is 0 Å². The van der Waals surface area contributed by atoms with E-state index in [-0.39, 0.29) is 5.76 Å². The Morgan fingerprint density at radius 2 is 2.28 bits per heavy atom. The summed E-state index contributed by atoms with van der Waals surface area (Å²) in [5.74, 6) is -0.508. The average molecular weight is 245 g/mol. The molecule has 1 aromatic heterocycles. The van der Waals surface area contributed by atoms with Crippen molar-refractivity contribution in [3.05, 3.63) is 35.6 Å². The molecule has 0 bridgehead atoms. The number of carbonyl (C=O) groups is 1. The molecule has 92 valence electrons. The average Bonchev–Trinajstić information content (AvgIpc) is 2.87. The molecule has 0 fully saturated rings. The lowest BCUT2D eigenvalue weighted by Gasteiger charge is -2.19. The van der Waals surface area contributed by atoms with Gasteiger partial charge in [-0.05, 0) is 24.5 Å². The zero-order chi connectivity index (χ0) is 12.5. The summed E-state index contributed by atoms with van der Waals surface area (Å²) in [5.41, 5.74) is 2.40. The molecule has 0 saturated heterocycles. The SMILES string of the molecule is O=C(O)c1cc(-c2cccc3c2OCCC3)no1. The van der Waals surface area contributed by atoms with Crippen molar-refractivity contribution in [2.75, 3.05) is 6.61 Å². The molecule has 5 nitrogen and oxygen atoms in total. The highest BCUT2D eigenvalue weighted by molar-refractivity contribution is 5.86. The van der Waals surface area contributed by atoms with Crippen LogP contribution in [0.1, 0.15) is 22.5 Å². The van der Waals surface area contributed by atoms with E-state index in [4.69, 9.17) is 14.4 Å². The molecule has 1 N–H and O–H groups in total. The van der Waals surface area contributed by atoms with Gasteiger partial charge in [0.25, 0.3) is 0 Å². The maximum atomic E-state index is 10.8. The number of carboxylic acids is 1. The highest BCUT2D eigenvalue weighted by atomic mass is 16.5. The van der Waals surface area contributed by atoms with Crippen LogP contribution in [0.15, 0.2) is 28.8 Å². The lowest BCUT2D eigenvalue weighted by molar-refractivity contribution is 0.0652. The minimum absolute atomic E-state index is 0.168. The van der Waals surface area contributed by atoms with Crippen molar-refractivity contribution in [1.82, 2.24) is 5.16 Å². The second-order valence-electron chi connectivity index (χ2n) is 4.13. The van der Waals surface area contributed by atoms with Gasteiger partial charge >= 0.3 is 5.97 Å². The first-order valence-electron chi connectivity index (χ1n) is 5.71. The standard InChI is InChI=1S/C13H11NO4/c15-13(16)11-7-10(14-18-11)9-5-1-3-8-4-2-6-17-12(8)9/h1,3,5,7H,2,4,6H2,(H,15,16). The normalized spacial score (nSPS) is 13.8. The summed E-state index contributed by atoms with van der Waals surface area (Å²) in [5, 5.41) is 12.6. The number of aryl methyl sites for hydroxylation is 1. The van der Waals surface area contributed by atoms with Crippen LogP contribution in [0.4, 0.5) is 0 Å². The maximum absolute atomic E-state index is 10.8. The van der Waals surface area contributed by atoms with Gasteiger partial charge in [0.1, 0.15) is 11.4 Å². The van der Waals surface area contributed by atoms with Gasteiger partial charge in [-0.15, -0.1) is 0 Å². The number of aromatic nitrogens is 1. The van der Waals surface area contributed by atoms with E-state index in [1.54, 1.807) is 0 Å². The van der Waals surface area contributed by atoms with Crippen molar-refractivity contribution >= 4 is 5.97 Å². The third kappa shape index (κ3) is 1.73. The molecular formula is C13H11NO4. The van der Waals surface area contributed by atoms with E-state index < -0.39 is 5.97 Å². The molecule has 0 aliphatic carbocycles. The molecule has 1 aromatic carbocycles. The number of hydrogen-bond donors (Lipinski definition) is 1. The molecule has 18 heavy (non-hydrogen) atoms. The summed E-state index contributed by atoms with van der Waals surface area (Å²) in [6.45, 7) is 0.674. The summed E-state index contributed by atoms with van der Waals surface area (Å²) < 4.78 is 10.4. The zero-order valence-corrected chi connectivity index (χ0v) is 9.55. The fourth-order valence-electron chi connectivity index (χ4n) is 2.09. The highest BCUT2D eigenvalue weighted by Gasteiger charge is 2.19. The Morgan fingerprint density at radius 1 is 1.39 bits per heavy atom. The first-order valence-corrected chi connectivity index (χ1v) is 5.71. The van der Waals surface area contributed by atoms with Crippen LogP contribution in [0.5, 0.6) is 5.75 Å². The Bertz CT molecular complexity index is 603. The van der Waals surface area contributed by atoms with Crippen molar-refractivity contribution in [2.45, 2.75) is 12.8 Å². The molecule has 3 rings (SSSR count). The Labute approximate surface area is 103 Å². The minimum Gasteiger partial charge on any atom is -0.493 e. The monoisotopic (exact) mass is 245 g/mol. The molecule has 2 heterocycles. The van der Waals surface area contributed by atoms with Crippen molar-refractivity contribution in [3.63, 3.8) is 0 Å². The predicted molar refractivity (Wildman–Crippen MR) is 62.7 cm³/mol. The quantitative estimate of drug-likeness (QED) is 0.879. The number of carboxylic acid groups (broad SMARTS) is 1. The molecule has 0 unspecified atom stereocenters. The van der Waals surface area contributed by atoms with Crippen molar-refractivity contribution < 1.29 is 19.2 Å². The summed E-state index contributed by atoms with van der Waals surface area (Å²) in [6, 6.07) is 7.19. The van der Waals surface area contributed by atoms with Gasteiger partial charge in [0.2, 0.25) is 5.76 Å². The maximum Gasteiger partial charge on any atom is 0.374 e. The van der Waals surface area contributed by atoms with Gasteiger partial charge in [0.15, 0.2) is 0 Å². The first kappa shape index (κ1) is 10.8. The van der Waals surface area contributed by atoms with E-state index >= 15 is 0 Å². The summed E-state index contributed by atoms with van der Waals surface area (Å²) in [7, 11) is 0. The van der Waals surface area contributed by atoms with Crippen LogP contribution in [0, 0.1) is 0 Å². The molecule has 1 aliphatic heterocycles. The van der Waals surface area contributed by atoms with Gasteiger partial charge in [-0.3, -0.25) is 0 Å². The topological polar surface area (TPSA) is 72.6 Å². The van der Waals surface area contributed by atoms with Crippen LogP contribution in [-0.2, 0) is 6.42 Å². The van der Waals surface area contributed by atoms with Crippen LogP contribution in [0.3, 0.4) is 0 Å². The van der Waals surface area contributed by atoms with Crippen molar-refractivity contribution in [3.8, 4) is 17.0 Å². The van der Waals surface area contributed by atoms with Crippen LogP contribution in [0.25, 0.3) is 11.3 Å². The van der Waals surface area contributed by atoms with Crippen molar-refractivity contribution in [1.29, 1.82) is 0 Å². The highest BCUT2D eigenvalue weighted by Crippen LogP contribution is 2.35. The van der Waals surface area contributed by atoms with Gasteiger partial charge in [0.05, 0.1) is 6.61 Å². The molecule has 5 heteroatoms. The minimum atomic E-state index is -1.13. The Balaban J connectivity index is 2.08. The van der Waals surface area contributed by atoms with Gasteiger partial charge < -0.3 is 14.4 Å². The zero-order valence-electron chi connectivity index (χ0n) is 9.55. The first-order chi connectivity index (χ1) is 8.75. The molecule has 2 aromatic rings. The Morgan fingerprint density at radius 3 is 3.06 bits per heavy atom. The van der Waals surface area contributed by atoms with E-state index in [2.05, 4.69) is 5.16 Å². The van der Waals surface area contributed by atoms with E-state index in [0.717, 1.165) is 29.7 Å². The largest absolute Gasteiger partial charge is 0.493 e. The number of hydrogen-bond acceptors (Lipinski definition) is 4. The molecule has 1 aliphatic rings.